The van der Waals surface area contributed by atoms with Crippen LogP contribution in [0.25, 0.3) is 5.65 Å². The molecule has 0 unspecified atom stereocenters. The van der Waals surface area contributed by atoms with Gasteiger partial charge in [0.25, 0.3) is 0 Å². The van der Waals surface area contributed by atoms with Gasteiger partial charge in [0.1, 0.15) is 22.3 Å². The van der Waals surface area contributed by atoms with Gasteiger partial charge in [-0.3, -0.25) is 0 Å². The lowest BCUT2D eigenvalue weighted by Gasteiger charge is -2.21. The number of hydrogen-bond acceptors (Lipinski definition) is 8. The first-order chi connectivity index (χ1) is 14.9. The zero-order valence-corrected chi connectivity index (χ0v) is 17.6. The maximum absolute atomic E-state index is 13.9. The molecule has 166 valence electrons. The molecule has 1 aliphatic heterocycles. The lowest BCUT2D eigenvalue weighted by molar-refractivity contribution is -0.0172. The average Bonchev–Trinajstić information content (AvgIpc) is 3.18. The lowest BCUT2D eigenvalue weighted by Crippen LogP contribution is -2.27. The highest BCUT2D eigenvalue weighted by Crippen LogP contribution is 2.29. The topological polar surface area (TPSA) is 118 Å². The summed E-state index contributed by atoms with van der Waals surface area (Å²) >= 11 is 0. The van der Waals surface area contributed by atoms with E-state index in [9.17, 15) is 12.8 Å². The van der Waals surface area contributed by atoms with Crippen LogP contribution in [0.2, 0.25) is 0 Å². The number of hydrogen-bond donors (Lipinski definition) is 2. The van der Waals surface area contributed by atoms with E-state index in [4.69, 9.17) is 14.6 Å². The molecule has 0 fully saturated rings. The van der Waals surface area contributed by atoms with Crippen LogP contribution in [0.5, 0.6) is 5.75 Å². The third-order valence-corrected chi connectivity index (χ3v) is 6.33. The maximum atomic E-state index is 13.9. The molecule has 3 heterocycles. The Hall–Kier alpha value is -2.80. The van der Waals surface area contributed by atoms with E-state index >= 15 is 0 Å². The van der Waals surface area contributed by atoms with Crippen LogP contribution in [-0.4, -0.2) is 61.7 Å². The summed E-state index contributed by atoms with van der Waals surface area (Å²) in [5.41, 5.74) is 1.32. The van der Waals surface area contributed by atoms with Crippen molar-refractivity contribution < 1.29 is 27.4 Å². The number of benzene rings is 1. The van der Waals surface area contributed by atoms with Gasteiger partial charge in [0.15, 0.2) is 12.4 Å². The number of aliphatic hydroxyl groups is 1. The summed E-state index contributed by atoms with van der Waals surface area (Å²) in [6.45, 7) is 0.632. The molecule has 12 heteroatoms. The second-order valence-corrected chi connectivity index (χ2v) is 8.75. The monoisotopic (exact) mass is 451 g/mol. The van der Waals surface area contributed by atoms with Gasteiger partial charge in [-0.15, -0.1) is 0 Å². The molecule has 0 saturated carbocycles. The number of nitrogens with zero attached hydrogens (tertiary/aromatic N) is 4. The molecule has 0 atom stereocenters. The molecule has 10 nitrogen and oxygen atoms in total. The Morgan fingerprint density at radius 1 is 1.39 bits per heavy atom. The average molecular weight is 451 g/mol. The van der Waals surface area contributed by atoms with Crippen LogP contribution in [0.1, 0.15) is 11.1 Å². The van der Waals surface area contributed by atoms with Crippen molar-refractivity contribution in [2.24, 2.45) is 0 Å². The summed E-state index contributed by atoms with van der Waals surface area (Å²) in [7, 11) is -2.18. The second kappa shape index (κ2) is 8.75. The van der Waals surface area contributed by atoms with Gasteiger partial charge in [0.2, 0.25) is 10.0 Å². The predicted molar refractivity (Wildman–Crippen MR) is 109 cm³/mol. The van der Waals surface area contributed by atoms with Gasteiger partial charge in [-0.05, 0) is 30.2 Å². The minimum absolute atomic E-state index is 0.0316. The first-order valence-electron chi connectivity index (χ1n) is 9.57. The number of nitrogens with one attached hydrogen (secondary N) is 1. The summed E-state index contributed by atoms with van der Waals surface area (Å²) in [5.74, 6) is 0.599. The Bertz CT molecular complexity index is 1200. The van der Waals surface area contributed by atoms with Crippen molar-refractivity contribution >= 4 is 21.5 Å². The van der Waals surface area contributed by atoms with Crippen molar-refractivity contribution in [3.05, 3.63) is 47.5 Å². The maximum Gasteiger partial charge on any atom is 0.245 e. The third kappa shape index (κ3) is 4.46. The molecule has 31 heavy (non-hydrogen) atoms. The van der Waals surface area contributed by atoms with Crippen LogP contribution < -0.4 is 14.4 Å². The molecule has 0 amide bonds. The van der Waals surface area contributed by atoms with Crippen molar-refractivity contribution in [3.63, 3.8) is 0 Å². The number of fused-ring (bicyclic) bond motifs is 2. The number of rotatable bonds is 8. The predicted octanol–water partition coefficient (Wildman–Crippen LogP) is 0.684. The van der Waals surface area contributed by atoms with Crippen molar-refractivity contribution in [2.75, 3.05) is 38.4 Å². The summed E-state index contributed by atoms with van der Waals surface area (Å²) < 4.78 is 54.1. The van der Waals surface area contributed by atoms with Crippen LogP contribution in [0.3, 0.4) is 0 Å². The molecule has 0 saturated heterocycles. The molecule has 4 rings (SSSR count). The van der Waals surface area contributed by atoms with Gasteiger partial charge in [-0.2, -0.15) is 5.10 Å². The molecule has 0 bridgehead atoms. The molecule has 3 aromatic rings. The summed E-state index contributed by atoms with van der Waals surface area (Å²) in [5, 5.41) is 13.2. The van der Waals surface area contributed by atoms with E-state index < -0.39 is 15.8 Å². The van der Waals surface area contributed by atoms with Gasteiger partial charge in [-0.25, -0.2) is 27.0 Å². The molecule has 2 N–H and O–H groups in total. The summed E-state index contributed by atoms with van der Waals surface area (Å²) in [6, 6.07) is 4.35. The van der Waals surface area contributed by atoms with Crippen LogP contribution in [0.4, 0.5) is 10.2 Å². The van der Waals surface area contributed by atoms with Crippen molar-refractivity contribution in [1.29, 1.82) is 0 Å². The standard InChI is InChI=1S/C19H22FN5O5S/c1-24(6-7-26)17-3-5-25-19(23-17)16(10-21-25)31(27,28)22-4-2-13-8-15(20)9-14-11-29-12-30-18(13)14/h3,5,8-10,22,26H,2,4,6-7,11-12H2,1H3. The minimum atomic E-state index is -3.92. The molecular formula is C19H22FN5O5S. The molecule has 2 aromatic heterocycles. The highest BCUT2D eigenvalue weighted by molar-refractivity contribution is 7.89. The van der Waals surface area contributed by atoms with E-state index in [0.29, 0.717) is 29.2 Å². The molecular weight excluding hydrogens is 429 g/mol. The Balaban J connectivity index is 1.53. The van der Waals surface area contributed by atoms with E-state index in [0.717, 1.165) is 0 Å². The number of aromatic nitrogens is 3. The fourth-order valence-corrected chi connectivity index (χ4v) is 4.44. The van der Waals surface area contributed by atoms with E-state index in [1.165, 1.54) is 22.8 Å². The van der Waals surface area contributed by atoms with Gasteiger partial charge < -0.3 is 19.5 Å². The van der Waals surface area contributed by atoms with Gasteiger partial charge in [0, 0.05) is 31.9 Å². The highest BCUT2D eigenvalue weighted by Gasteiger charge is 2.22. The van der Waals surface area contributed by atoms with Gasteiger partial charge in [0.05, 0.1) is 19.4 Å². The van der Waals surface area contributed by atoms with E-state index in [2.05, 4.69) is 14.8 Å². The van der Waals surface area contributed by atoms with E-state index in [1.807, 2.05) is 0 Å². The molecule has 1 aliphatic rings. The first kappa shape index (κ1) is 21.4. The number of anilines is 1. The zero-order chi connectivity index (χ0) is 22.0. The second-order valence-electron chi connectivity index (χ2n) is 7.02. The number of ether oxygens (including phenoxy) is 2. The number of aliphatic hydroxyl groups excluding tert-OH is 1. The van der Waals surface area contributed by atoms with E-state index in [-0.39, 0.29) is 43.5 Å². The Kier molecular flexibility index (Phi) is 6.05. The van der Waals surface area contributed by atoms with Gasteiger partial charge >= 0.3 is 0 Å². The number of sulfonamides is 1. The number of halogens is 1. The van der Waals surface area contributed by atoms with Crippen molar-refractivity contribution in [1.82, 2.24) is 19.3 Å². The quantitative estimate of drug-likeness (QED) is 0.514. The molecule has 0 aliphatic carbocycles. The SMILES string of the molecule is CN(CCO)c1ccn2ncc(S(=O)(=O)NCCc3cc(F)cc4c3OCOC4)c2n1. The Labute approximate surface area is 178 Å². The molecule has 0 spiro atoms. The highest BCUT2D eigenvalue weighted by atomic mass is 32.2. The largest absolute Gasteiger partial charge is 0.467 e. The van der Waals surface area contributed by atoms with Crippen LogP contribution in [0.15, 0.2) is 35.5 Å². The third-order valence-electron chi connectivity index (χ3n) is 4.88. The summed E-state index contributed by atoms with van der Waals surface area (Å²) in [6.07, 6.45) is 3.06. The summed E-state index contributed by atoms with van der Waals surface area (Å²) in [4.78, 5) is 6.00. The first-order valence-corrected chi connectivity index (χ1v) is 11.1. The fourth-order valence-electron chi connectivity index (χ4n) is 3.35. The van der Waals surface area contributed by atoms with Gasteiger partial charge in [-0.1, -0.05) is 0 Å². The minimum Gasteiger partial charge on any atom is -0.467 e. The van der Waals surface area contributed by atoms with Crippen LogP contribution in [0, 0.1) is 5.82 Å². The van der Waals surface area contributed by atoms with Crippen LogP contribution >= 0.6 is 0 Å². The lowest BCUT2D eigenvalue weighted by atomic mass is 10.1. The number of likely N-dealkylation sites (N-methyl/N-ethyl adjacent to an activating group) is 1. The van der Waals surface area contributed by atoms with E-state index in [1.54, 1.807) is 24.2 Å². The molecule has 0 radical (unpaired) electrons. The van der Waals surface area contributed by atoms with Crippen LogP contribution in [-0.2, 0) is 27.8 Å². The van der Waals surface area contributed by atoms with Crippen molar-refractivity contribution in [2.45, 2.75) is 17.9 Å². The Morgan fingerprint density at radius 2 is 2.23 bits per heavy atom. The fraction of sp³-hybridized carbons (Fsp3) is 0.368. The molecule has 1 aromatic carbocycles. The zero-order valence-electron chi connectivity index (χ0n) is 16.8. The van der Waals surface area contributed by atoms with Crippen molar-refractivity contribution in [3.8, 4) is 5.75 Å². The smallest absolute Gasteiger partial charge is 0.245 e. The Morgan fingerprint density at radius 3 is 3.03 bits per heavy atom. The normalized spacial score (nSPS) is 13.8.